The lowest BCUT2D eigenvalue weighted by Gasteiger charge is -2.08. The number of aromatic nitrogens is 2. The van der Waals surface area contributed by atoms with Crippen molar-refractivity contribution in [2.45, 2.75) is 26.8 Å². The van der Waals surface area contributed by atoms with E-state index in [2.05, 4.69) is 17.1 Å². The van der Waals surface area contributed by atoms with Gasteiger partial charge in [-0.1, -0.05) is 26.0 Å². The van der Waals surface area contributed by atoms with Gasteiger partial charge >= 0.3 is 0 Å². The van der Waals surface area contributed by atoms with Crippen LogP contribution in [0, 0.1) is 5.92 Å². The molecule has 0 saturated heterocycles. The first-order valence-electron chi connectivity index (χ1n) is 7.84. The first kappa shape index (κ1) is 15.4. The molecular weight excluding hydrogens is 286 g/mol. The SMILES string of the molecule is CC(C)C(=O)n1cc(C(C)N)c2ccc(-c3ccncc3)cc21. The van der Waals surface area contributed by atoms with Crippen molar-refractivity contribution in [2.24, 2.45) is 11.7 Å². The van der Waals surface area contributed by atoms with E-state index in [-0.39, 0.29) is 17.9 Å². The zero-order chi connectivity index (χ0) is 16.6. The van der Waals surface area contributed by atoms with Gasteiger partial charge < -0.3 is 5.73 Å². The van der Waals surface area contributed by atoms with Crippen LogP contribution >= 0.6 is 0 Å². The van der Waals surface area contributed by atoms with E-state index in [1.807, 2.05) is 45.2 Å². The smallest absolute Gasteiger partial charge is 0.233 e. The summed E-state index contributed by atoms with van der Waals surface area (Å²) in [6.45, 7) is 5.76. The number of carbonyl (C=O) groups is 1. The zero-order valence-corrected chi connectivity index (χ0v) is 13.7. The van der Waals surface area contributed by atoms with Gasteiger partial charge in [0.25, 0.3) is 0 Å². The second-order valence-corrected chi connectivity index (χ2v) is 6.20. The molecule has 0 bridgehead atoms. The van der Waals surface area contributed by atoms with Crippen LogP contribution in [0.2, 0.25) is 0 Å². The predicted octanol–water partition coefficient (Wildman–Crippen LogP) is 4.02. The number of hydrogen-bond donors (Lipinski definition) is 1. The number of carbonyl (C=O) groups excluding carboxylic acids is 1. The lowest BCUT2D eigenvalue weighted by Crippen LogP contribution is -2.16. The Bertz CT molecular complexity index is 848. The Morgan fingerprint density at radius 1 is 1.09 bits per heavy atom. The maximum Gasteiger partial charge on any atom is 0.233 e. The molecule has 1 atom stereocenters. The maximum atomic E-state index is 12.6. The first-order chi connectivity index (χ1) is 11.0. The molecule has 0 saturated carbocycles. The molecule has 0 spiro atoms. The highest BCUT2D eigenvalue weighted by Gasteiger charge is 2.18. The second kappa shape index (κ2) is 5.97. The highest BCUT2D eigenvalue weighted by molar-refractivity contribution is 5.97. The quantitative estimate of drug-likeness (QED) is 0.795. The summed E-state index contributed by atoms with van der Waals surface area (Å²) in [6.07, 6.45) is 5.42. The monoisotopic (exact) mass is 307 g/mol. The Morgan fingerprint density at radius 3 is 2.39 bits per heavy atom. The normalized spacial score (nSPS) is 12.7. The lowest BCUT2D eigenvalue weighted by atomic mass is 10.0. The van der Waals surface area contributed by atoms with Crippen LogP contribution in [0.1, 0.15) is 37.2 Å². The molecule has 0 aliphatic heterocycles. The molecule has 0 aliphatic rings. The van der Waals surface area contributed by atoms with Gasteiger partial charge in [0, 0.05) is 35.9 Å². The highest BCUT2D eigenvalue weighted by Crippen LogP contribution is 2.30. The Kier molecular flexibility index (Phi) is 4.01. The minimum Gasteiger partial charge on any atom is -0.324 e. The Hall–Kier alpha value is -2.46. The van der Waals surface area contributed by atoms with Gasteiger partial charge in [-0.15, -0.1) is 0 Å². The predicted molar refractivity (Wildman–Crippen MR) is 93.2 cm³/mol. The van der Waals surface area contributed by atoms with E-state index in [1.165, 1.54) is 0 Å². The fraction of sp³-hybridized carbons (Fsp3) is 0.263. The molecule has 1 unspecified atom stereocenters. The minimum atomic E-state index is -0.120. The number of benzene rings is 1. The standard InChI is InChI=1S/C19H21N3O/c1-12(2)19(23)22-11-17(13(3)20)16-5-4-15(10-18(16)22)14-6-8-21-9-7-14/h4-13H,20H2,1-3H3. The van der Waals surface area contributed by atoms with Gasteiger partial charge in [-0.3, -0.25) is 14.3 Å². The van der Waals surface area contributed by atoms with Crippen molar-refractivity contribution < 1.29 is 4.79 Å². The molecule has 0 fully saturated rings. The van der Waals surface area contributed by atoms with Crippen molar-refractivity contribution >= 4 is 16.8 Å². The molecule has 2 heterocycles. The number of nitrogens with zero attached hydrogens (tertiary/aromatic N) is 2. The maximum absolute atomic E-state index is 12.6. The van der Waals surface area contributed by atoms with Gasteiger partial charge in [0.15, 0.2) is 0 Å². The fourth-order valence-electron chi connectivity index (χ4n) is 2.80. The summed E-state index contributed by atoms with van der Waals surface area (Å²) < 4.78 is 1.74. The van der Waals surface area contributed by atoms with Gasteiger partial charge in [0.1, 0.15) is 0 Å². The Morgan fingerprint density at radius 2 is 1.78 bits per heavy atom. The molecule has 4 heteroatoms. The van der Waals surface area contributed by atoms with Crippen LogP contribution in [0.4, 0.5) is 0 Å². The fourth-order valence-corrected chi connectivity index (χ4v) is 2.80. The van der Waals surface area contributed by atoms with Crippen LogP contribution in [0.3, 0.4) is 0 Å². The molecule has 118 valence electrons. The topological polar surface area (TPSA) is 60.9 Å². The molecule has 1 aromatic carbocycles. The molecule has 0 amide bonds. The minimum absolute atomic E-state index is 0.0730. The van der Waals surface area contributed by atoms with E-state index in [9.17, 15) is 4.79 Å². The number of nitrogens with two attached hydrogens (primary N) is 1. The van der Waals surface area contributed by atoms with E-state index >= 15 is 0 Å². The molecule has 4 nitrogen and oxygen atoms in total. The van der Waals surface area contributed by atoms with E-state index in [1.54, 1.807) is 17.0 Å². The lowest BCUT2D eigenvalue weighted by molar-refractivity contribution is 0.0860. The van der Waals surface area contributed by atoms with Gasteiger partial charge in [-0.2, -0.15) is 0 Å². The number of fused-ring (bicyclic) bond motifs is 1. The van der Waals surface area contributed by atoms with Gasteiger partial charge in [-0.25, -0.2) is 0 Å². The average Bonchev–Trinajstić information content (AvgIpc) is 2.93. The summed E-state index contributed by atoms with van der Waals surface area (Å²) in [5, 5.41) is 1.03. The third-order valence-corrected chi connectivity index (χ3v) is 4.07. The highest BCUT2D eigenvalue weighted by atomic mass is 16.2. The van der Waals surface area contributed by atoms with Crippen LogP contribution in [0.15, 0.2) is 48.9 Å². The van der Waals surface area contributed by atoms with Crippen LogP contribution in [0.25, 0.3) is 22.0 Å². The van der Waals surface area contributed by atoms with E-state index in [0.717, 1.165) is 27.6 Å². The largest absolute Gasteiger partial charge is 0.324 e. The van der Waals surface area contributed by atoms with Crippen LogP contribution < -0.4 is 5.73 Å². The van der Waals surface area contributed by atoms with E-state index < -0.39 is 0 Å². The summed E-state index contributed by atoms with van der Waals surface area (Å²) >= 11 is 0. The zero-order valence-electron chi connectivity index (χ0n) is 13.7. The summed E-state index contributed by atoms with van der Waals surface area (Å²) in [6, 6.07) is 9.97. The van der Waals surface area contributed by atoms with Crippen molar-refractivity contribution in [3.63, 3.8) is 0 Å². The van der Waals surface area contributed by atoms with Gasteiger partial charge in [0.2, 0.25) is 5.91 Å². The summed E-state index contributed by atoms with van der Waals surface area (Å²) in [7, 11) is 0. The number of pyridine rings is 1. The van der Waals surface area contributed by atoms with Crippen LogP contribution in [-0.2, 0) is 0 Å². The van der Waals surface area contributed by atoms with Crippen molar-refractivity contribution in [2.75, 3.05) is 0 Å². The molecule has 2 N–H and O–H groups in total. The van der Waals surface area contributed by atoms with E-state index in [4.69, 9.17) is 5.73 Å². The number of rotatable bonds is 3. The number of hydrogen-bond acceptors (Lipinski definition) is 3. The first-order valence-corrected chi connectivity index (χ1v) is 7.84. The molecule has 3 aromatic rings. The van der Waals surface area contributed by atoms with Crippen molar-refractivity contribution in [1.82, 2.24) is 9.55 Å². The summed E-state index contributed by atoms with van der Waals surface area (Å²) in [5.41, 5.74) is 10.1. The molecule has 0 aliphatic carbocycles. The van der Waals surface area contributed by atoms with Gasteiger partial charge in [0.05, 0.1) is 5.52 Å². The third-order valence-electron chi connectivity index (χ3n) is 4.07. The van der Waals surface area contributed by atoms with Crippen molar-refractivity contribution in [1.29, 1.82) is 0 Å². The molecule has 0 radical (unpaired) electrons. The molecule has 2 aromatic heterocycles. The average molecular weight is 307 g/mol. The van der Waals surface area contributed by atoms with Crippen LogP contribution in [-0.4, -0.2) is 15.5 Å². The van der Waals surface area contributed by atoms with Gasteiger partial charge in [-0.05, 0) is 41.8 Å². The summed E-state index contributed by atoms with van der Waals surface area (Å²) in [5.74, 6) is 0.00453. The summed E-state index contributed by atoms with van der Waals surface area (Å²) in [4.78, 5) is 16.6. The Balaban J connectivity index is 2.24. The second-order valence-electron chi connectivity index (χ2n) is 6.20. The van der Waals surface area contributed by atoms with E-state index in [0.29, 0.717) is 0 Å². The van der Waals surface area contributed by atoms with Crippen LogP contribution in [0.5, 0.6) is 0 Å². The molecule has 3 rings (SSSR count). The third kappa shape index (κ3) is 2.78. The molecular formula is C19H21N3O. The molecule has 23 heavy (non-hydrogen) atoms. The van der Waals surface area contributed by atoms with Crippen molar-refractivity contribution in [3.05, 3.63) is 54.5 Å². The Labute approximate surface area is 136 Å². The van der Waals surface area contributed by atoms with Crippen molar-refractivity contribution in [3.8, 4) is 11.1 Å².